The summed E-state index contributed by atoms with van der Waals surface area (Å²) in [6.45, 7) is 0.853. The van der Waals surface area contributed by atoms with Crippen molar-refractivity contribution in [3.05, 3.63) is 21.3 Å². The lowest BCUT2D eigenvalue weighted by atomic mass is 10.3. The average Bonchev–Trinajstić information content (AvgIpc) is 2.69. The van der Waals surface area contributed by atoms with Gasteiger partial charge in [0, 0.05) is 24.4 Å². The minimum absolute atomic E-state index is 0. The average molecular weight is 299 g/mol. The molecular weight excluding hydrogens is 283 g/mol. The smallest absolute Gasteiger partial charge is 0.221 e. The van der Waals surface area contributed by atoms with Crippen LogP contribution in [0.15, 0.2) is 12.1 Å². The van der Waals surface area contributed by atoms with Gasteiger partial charge in [-0.15, -0.1) is 23.7 Å². The van der Waals surface area contributed by atoms with Crippen molar-refractivity contribution in [2.75, 3.05) is 20.1 Å². The lowest BCUT2D eigenvalue weighted by molar-refractivity contribution is -0.121. The first kappa shape index (κ1) is 16.7. The number of nitrogens with one attached hydrogen (secondary N) is 2. The fourth-order valence-electron chi connectivity index (χ4n) is 1.15. The maximum Gasteiger partial charge on any atom is 0.221 e. The van der Waals surface area contributed by atoms with Gasteiger partial charge in [-0.3, -0.25) is 4.79 Å². The van der Waals surface area contributed by atoms with Crippen LogP contribution in [0.25, 0.3) is 0 Å². The first-order valence-corrected chi connectivity index (χ1v) is 6.17. The number of amides is 1. The number of halogens is 2. The number of carbonyl (C=O) groups is 1. The summed E-state index contributed by atoms with van der Waals surface area (Å²) in [6, 6.07) is 3.49. The Kier molecular flexibility index (Phi) is 8.55. The Morgan fingerprint density at radius 2 is 2.29 bits per heavy atom. The second-order valence-electron chi connectivity index (χ2n) is 3.32. The van der Waals surface area contributed by atoms with Crippen LogP contribution in [0.2, 0.25) is 4.34 Å². The van der Waals surface area contributed by atoms with Crippen molar-refractivity contribution >= 4 is 41.3 Å². The highest BCUT2D eigenvalue weighted by Crippen LogP contribution is 2.26. The summed E-state index contributed by atoms with van der Waals surface area (Å²) >= 11 is 7.06. The zero-order chi connectivity index (χ0) is 12.0. The van der Waals surface area contributed by atoms with Gasteiger partial charge in [0.1, 0.15) is 6.10 Å². The van der Waals surface area contributed by atoms with E-state index >= 15 is 0 Å². The van der Waals surface area contributed by atoms with Crippen LogP contribution in [0.1, 0.15) is 17.4 Å². The summed E-state index contributed by atoms with van der Waals surface area (Å²) in [5.74, 6) is -0.0731. The third kappa shape index (κ3) is 6.24. The van der Waals surface area contributed by atoms with E-state index in [0.717, 1.165) is 4.88 Å². The van der Waals surface area contributed by atoms with E-state index in [9.17, 15) is 9.90 Å². The molecule has 1 unspecified atom stereocenters. The molecule has 98 valence electrons. The van der Waals surface area contributed by atoms with Crippen molar-refractivity contribution in [1.29, 1.82) is 0 Å². The van der Waals surface area contributed by atoms with Crippen LogP contribution in [-0.2, 0) is 4.79 Å². The lowest BCUT2D eigenvalue weighted by Crippen LogP contribution is -2.30. The Morgan fingerprint density at radius 1 is 1.59 bits per heavy atom. The highest BCUT2D eigenvalue weighted by Gasteiger charge is 2.11. The molecule has 0 bridgehead atoms. The maximum absolute atomic E-state index is 11.3. The molecule has 0 aliphatic rings. The highest BCUT2D eigenvalue weighted by atomic mass is 35.5. The Balaban J connectivity index is 0.00000256. The van der Waals surface area contributed by atoms with Gasteiger partial charge < -0.3 is 15.7 Å². The van der Waals surface area contributed by atoms with E-state index in [1.165, 1.54) is 11.3 Å². The fourth-order valence-corrected chi connectivity index (χ4v) is 2.19. The van der Waals surface area contributed by atoms with Crippen LogP contribution < -0.4 is 10.6 Å². The molecule has 1 aromatic heterocycles. The van der Waals surface area contributed by atoms with Crippen LogP contribution in [0.4, 0.5) is 0 Å². The van der Waals surface area contributed by atoms with Crippen molar-refractivity contribution in [2.45, 2.75) is 12.5 Å². The number of rotatable bonds is 6. The van der Waals surface area contributed by atoms with Crippen molar-refractivity contribution in [1.82, 2.24) is 10.6 Å². The van der Waals surface area contributed by atoms with Gasteiger partial charge in [-0.05, 0) is 19.2 Å². The van der Waals surface area contributed by atoms with E-state index in [0.29, 0.717) is 17.3 Å². The molecule has 1 atom stereocenters. The van der Waals surface area contributed by atoms with E-state index in [2.05, 4.69) is 10.6 Å². The Hall–Kier alpha value is -0.330. The van der Waals surface area contributed by atoms with Crippen LogP contribution in [0.5, 0.6) is 0 Å². The maximum atomic E-state index is 11.3. The molecule has 0 aromatic carbocycles. The van der Waals surface area contributed by atoms with E-state index in [-0.39, 0.29) is 24.9 Å². The SMILES string of the molecule is CNCCC(=O)NCC(O)c1ccc(Cl)s1.Cl. The van der Waals surface area contributed by atoms with Gasteiger partial charge in [-0.2, -0.15) is 0 Å². The zero-order valence-electron chi connectivity index (χ0n) is 9.40. The zero-order valence-corrected chi connectivity index (χ0v) is 11.8. The van der Waals surface area contributed by atoms with Crippen LogP contribution in [0, 0.1) is 0 Å². The number of hydrogen-bond donors (Lipinski definition) is 3. The fraction of sp³-hybridized carbons (Fsp3) is 0.500. The van der Waals surface area contributed by atoms with Gasteiger partial charge in [0.2, 0.25) is 5.91 Å². The molecule has 0 saturated heterocycles. The number of carbonyl (C=O) groups excluding carboxylic acids is 1. The molecule has 0 spiro atoms. The lowest BCUT2D eigenvalue weighted by Gasteiger charge is -2.09. The van der Waals surface area contributed by atoms with E-state index < -0.39 is 6.10 Å². The summed E-state index contributed by atoms with van der Waals surface area (Å²) in [5.41, 5.74) is 0. The quantitative estimate of drug-likeness (QED) is 0.747. The molecule has 7 heteroatoms. The molecule has 0 aliphatic carbocycles. The second kappa shape index (κ2) is 8.72. The molecule has 1 heterocycles. The first-order valence-electron chi connectivity index (χ1n) is 4.98. The van der Waals surface area contributed by atoms with Gasteiger partial charge in [-0.1, -0.05) is 11.6 Å². The van der Waals surface area contributed by atoms with Crippen LogP contribution in [-0.4, -0.2) is 31.2 Å². The van der Waals surface area contributed by atoms with Gasteiger partial charge in [0.25, 0.3) is 0 Å². The monoisotopic (exact) mass is 298 g/mol. The summed E-state index contributed by atoms with van der Waals surface area (Å²) < 4.78 is 0.635. The minimum atomic E-state index is -0.684. The Bertz CT molecular complexity index is 347. The van der Waals surface area contributed by atoms with E-state index in [1.54, 1.807) is 19.2 Å². The number of aliphatic hydroxyl groups is 1. The number of hydrogen-bond acceptors (Lipinski definition) is 4. The van der Waals surface area contributed by atoms with E-state index in [1.807, 2.05) is 0 Å². The molecule has 4 nitrogen and oxygen atoms in total. The van der Waals surface area contributed by atoms with Gasteiger partial charge in [0.15, 0.2) is 0 Å². The van der Waals surface area contributed by atoms with Crippen molar-refractivity contribution < 1.29 is 9.90 Å². The van der Waals surface area contributed by atoms with E-state index in [4.69, 9.17) is 11.6 Å². The molecule has 0 radical (unpaired) electrons. The second-order valence-corrected chi connectivity index (χ2v) is 5.06. The normalized spacial score (nSPS) is 11.7. The Morgan fingerprint density at radius 3 is 2.82 bits per heavy atom. The third-order valence-electron chi connectivity index (χ3n) is 2.02. The minimum Gasteiger partial charge on any atom is -0.386 e. The molecule has 1 amide bonds. The molecule has 1 rings (SSSR count). The van der Waals surface area contributed by atoms with Gasteiger partial charge in [0.05, 0.1) is 4.34 Å². The van der Waals surface area contributed by atoms with Crippen molar-refractivity contribution in [2.24, 2.45) is 0 Å². The topological polar surface area (TPSA) is 61.4 Å². The number of thiophene rings is 1. The van der Waals surface area contributed by atoms with Crippen molar-refractivity contribution in [3.63, 3.8) is 0 Å². The number of aliphatic hydroxyl groups excluding tert-OH is 1. The standard InChI is InChI=1S/C10H15ClN2O2S.ClH/c1-12-5-4-10(15)13-6-7(14)8-2-3-9(11)16-8;/h2-3,7,12,14H,4-6H2,1H3,(H,13,15);1H. The molecule has 0 saturated carbocycles. The molecule has 3 N–H and O–H groups in total. The largest absolute Gasteiger partial charge is 0.386 e. The van der Waals surface area contributed by atoms with Crippen molar-refractivity contribution in [3.8, 4) is 0 Å². The predicted octanol–water partition coefficient (Wildman–Crippen LogP) is 1.58. The summed E-state index contributed by atoms with van der Waals surface area (Å²) in [4.78, 5) is 12.0. The highest BCUT2D eigenvalue weighted by molar-refractivity contribution is 7.16. The Labute approximate surface area is 116 Å². The first-order chi connectivity index (χ1) is 7.63. The molecule has 0 fully saturated rings. The predicted molar refractivity (Wildman–Crippen MR) is 73.1 cm³/mol. The van der Waals surface area contributed by atoms with Crippen LogP contribution >= 0.6 is 35.3 Å². The summed E-state index contributed by atoms with van der Waals surface area (Å²) in [5, 5.41) is 15.3. The van der Waals surface area contributed by atoms with Gasteiger partial charge >= 0.3 is 0 Å². The van der Waals surface area contributed by atoms with Gasteiger partial charge in [-0.25, -0.2) is 0 Å². The molecule has 1 aromatic rings. The van der Waals surface area contributed by atoms with Crippen LogP contribution in [0.3, 0.4) is 0 Å². The summed E-state index contributed by atoms with van der Waals surface area (Å²) in [7, 11) is 1.79. The summed E-state index contributed by atoms with van der Waals surface area (Å²) in [6.07, 6.45) is -0.273. The third-order valence-corrected chi connectivity index (χ3v) is 3.35. The molecule has 17 heavy (non-hydrogen) atoms. The molecule has 0 aliphatic heterocycles. The molecular formula is C10H16Cl2N2O2S.